The fourth-order valence-corrected chi connectivity index (χ4v) is 4.15. The van der Waals surface area contributed by atoms with Crippen molar-refractivity contribution in [3.63, 3.8) is 0 Å². The highest BCUT2D eigenvalue weighted by molar-refractivity contribution is 5.95. The molecule has 3 atom stereocenters. The van der Waals surface area contributed by atoms with Crippen LogP contribution in [-0.4, -0.2) is 16.9 Å². The Hall–Kier alpha value is -2.43. The van der Waals surface area contributed by atoms with Gasteiger partial charge in [-0.1, -0.05) is 6.92 Å². The summed E-state index contributed by atoms with van der Waals surface area (Å²) in [5, 5.41) is 6.68. The first-order valence-corrected chi connectivity index (χ1v) is 8.92. The van der Waals surface area contributed by atoms with E-state index in [1.807, 2.05) is 6.07 Å². The third kappa shape index (κ3) is 2.25. The molecule has 128 valence electrons. The van der Waals surface area contributed by atoms with Crippen LogP contribution in [0.25, 0.3) is 0 Å². The van der Waals surface area contributed by atoms with Gasteiger partial charge < -0.3 is 10.6 Å². The van der Waals surface area contributed by atoms with Crippen LogP contribution in [-0.2, 0) is 5.54 Å². The van der Waals surface area contributed by atoms with Crippen LogP contribution < -0.4 is 10.6 Å². The lowest BCUT2D eigenvalue weighted by atomic mass is 9.65. The van der Waals surface area contributed by atoms with Gasteiger partial charge in [-0.05, 0) is 61.6 Å². The summed E-state index contributed by atoms with van der Waals surface area (Å²) in [6, 6.07) is 10.4. The molecule has 3 heterocycles. The number of aromatic nitrogens is 1. The summed E-state index contributed by atoms with van der Waals surface area (Å²) in [5.41, 5.74) is 3.34. The van der Waals surface area contributed by atoms with Crippen LogP contribution in [0.1, 0.15) is 53.8 Å². The molecule has 2 aliphatic carbocycles. The van der Waals surface area contributed by atoms with Crippen molar-refractivity contribution in [3.8, 4) is 0 Å². The summed E-state index contributed by atoms with van der Waals surface area (Å²) < 4.78 is 13.1. The predicted octanol–water partition coefficient (Wildman–Crippen LogP) is 3.56. The molecule has 3 unspecified atom stereocenters. The average Bonchev–Trinajstić information content (AvgIpc) is 3.41. The number of carbonyl (C=O) groups excluding carboxylic acids is 1. The van der Waals surface area contributed by atoms with E-state index < -0.39 is 0 Å². The van der Waals surface area contributed by atoms with Gasteiger partial charge in [0.25, 0.3) is 5.91 Å². The van der Waals surface area contributed by atoms with Gasteiger partial charge in [0, 0.05) is 17.5 Å². The number of halogens is 1. The van der Waals surface area contributed by atoms with Crippen LogP contribution in [0.2, 0.25) is 0 Å². The van der Waals surface area contributed by atoms with Gasteiger partial charge in [-0.15, -0.1) is 0 Å². The van der Waals surface area contributed by atoms with Crippen LogP contribution >= 0.6 is 0 Å². The molecule has 2 aromatic rings. The van der Waals surface area contributed by atoms with Gasteiger partial charge in [-0.25, -0.2) is 4.39 Å². The topological polar surface area (TPSA) is 54.0 Å². The molecule has 0 radical (unpaired) electrons. The Labute approximate surface area is 145 Å². The van der Waals surface area contributed by atoms with Gasteiger partial charge in [-0.2, -0.15) is 0 Å². The van der Waals surface area contributed by atoms with Gasteiger partial charge in [-0.3, -0.25) is 9.78 Å². The van der Waals surface area contributed by atoms with Gasteiger partial charge in [0.1, 0.15) is 5.82 Å². The first kappa shape index (κ1) is 14.9. The molecule has 2 aliphatic heterocycles. The van der Waals surface area contributed by atoms with Crippen LogP contribution in [0.3, 0.4) is 0 Å². The number of benzene rings is 1. The molecule has 4 nitrogen and oxygen atoms in total. The highest BCUT2D eigenvalue weighted by atomic mass is 19.1. The molecule has 25 heavy (non-hydrogen) atoms. The zero-order valence-corrected chi connectivity index (χ0v) is 14.1. The standard InChI is InChI=1S/C20H20FN3O/c1-11-14-10-16(11)22-15-6-7-17(23-18(14)15)20(8-9-20)24-19(25)12-2-4-13(21)5-3-12/h2-7,11,14,16,22H,8-10H2,1H3,(H,24,25). The van der Waals surface area contributed by atoms with E-state index in [2.05, 4.69) is 23.6 Å². The number of anilines is 1. The molecule has 0 spiro atoms. The van der Waals surface area contributed by atoms with Crippen molar-refractivity contribution < 1.29 is 9.18 Å². The largest absolute Gasteiger partial charge is 0.381 e. The molecule has 4 aliphatic rings. The van der Waals surface area contributed by atoms with E-state index in [0.29, 0.717) is 23.4 Å². The van der Waals surface area contributed by atoms with Gasteiger partial charge in [0.15, 0.2) is 0 Å². The minimum Gasteiger partial charge on any atom is -0.381 e. The van der Waals surface area contributed by atoms with Crippen molar-refractivity contribution in [2.75, 3.05) is 5.32 Å². The van der Waals surface area contributed by atoms with E-state index >= 15 is 0 Å². The monoisotopic (exact) mass is 337 g/mol. The summed E-state index contributed by atoms with van der Waals surface area (Å²) >= 11 is 0. The van der Waals surface area contributed by atoms with Crippen molar-refractivity contribution >= 4 is 11.6 Å². The highest BCUT2D eigenvalue weighted by Gasteiger charge is 2.49. The van der Waals surface area contributed by atoms with Crippen LogP contribution in [0.15, 0.2) is 36.4 Å². The van der Waals surface area contributed by atoms with Crippen molar-refractivity contribution in [2.24, 2.45) is 5.92 Å². The molecule has 1 aromatic carbocycles. The molecular weight excluding hydrogens is 317 g/mol. The van der Waals surface area contributed by atoms with E-state index in [0.717, 1.165) is 36.3 Å². The number of amides is 1. The van der Waals surface area contributed by atoms with Gasteiger partial charge in [0.2, 0.25) is 0 Å². The maximum atomic E-state index is 13.1. The Balaban J connectivity index is 1.41. The molecule has 1 aromatic heterocycles. The van der Waals surface area contributed by atoms with E-state index in [1.165, 1.54) is 24.3 Å². The molecule has 5 heteroatoms. The number of hydrogen-bond donors (Lipinski definition) is 2. The van der Waals surface area contributed by atoms with E-state index in [1.54, 1.807) is 0 Å². The second kappa shape index (κ2) is 5.04. The molecule has 2 bridgehead atoms. The lowest BCUT2D eigenvalue weighted by Crippen LogP contribution is -2.48. The van der Waals surface area contributed by atoms with Crippen LogP contribution in [0, 0.1) is 11.7 Å². The minimum absolute atomic E-state index is 0.174. The first-order valence-electron chi connectivity index (χ1n) is 8.92. The average molecular weight is 337 g/mol. The third-order valence-corrected chi connectivity index (χ3v) is 6.09. The normalized spacial score (nSPS) is 27.5. The number of pyridine rings is 1. The lowest BCUT2D eigenvalue weighted by molar-refractivity contribution is 0.0929. The fraction of sp³-hybridized carbons (Fsp3) is 0.400. The SMILES string of the molecule is CC1C2CC1c1nc(C3(NC(=O)c4ccc(F)cc4)CC3)ccc1N2. The van der Waals surface area contributed by atoms with Crippen molar-refractivity contribution in [1.82, 2.24) is 10.3 Å². The molecule has 2 N–H and O–H groups in total. The number of nitrogens with zero attached hydrogens (tertiary/aromatic N) is 1. The molecule has 2 fully saturated rings. The van der Waals surface area contributed by atoms with Crippen molar-refractivity contribution in [1.29, 1.82) is 0 Å². The summed E-state index contributed by atoms with van der Waals surface area (Å²) in [6.07, 6.45) is 2.93. The molecule has 0 saturated heterocycles. The Morgan fingerprint density at radius 1 is 1.24 bits per heavy atom. The first-order chi connectivity index (χ1) is 12.1. The Morgan fingerprint density at radius 2 is 2.00 bits per heavy atom. The highest BCUT2D eigenvalue weighted by Crippen LogP contribution is 2.52. The molecular formula is C20H20FN3O. The lowest BCUT2D eigenvalue weighted by Gasteiger charge is -2.49. The van der Waals surface area contributed by atoms with Crippen LogP contribution in [0.5, 0.6) is 0 Å². The smallest absolute Gasteiger partial charge is 0.252 e. The maximum absolute atomic E-state index is 13.1. The molecule has 6 rings (SSSR count). The van der Waals surface area contributed by atoms with Crippen molar-refractivity contribution in [2.45, 2.75) is 43.7 Å². The summed E-state index contributed by atoms with van der Waals surface area (Å²) in [4.78, 5) is 17.5. The summed E-state index contributed by atoms with van der Waals surface area (Å²) in [7, 11) is 0. The van der Waals surface area contributed by atoms with Gasteiger partial charge in [0.05, 0.1) is 22.6 Å². The van der Waals surface area contributed by atoms with Gasteiger partial charge >= 0.3 is 0 Å². The number of carbonyl (C=O) groups is 1. The number of nitrogens with one attached hydrogen (secondary N) is 2. The second-order valence-electron chi connectivity index (χ2n) is 7.62. The number of rotatable bonds is 3. The fourth-order valence-electron chi connectivity index (χ4n) is 4.15. The van der Waals surface area contributed by atoms with E-state index in [-0.39, 0.29) is 17.3 Å². The Kier molecular flexibility index (Phi) is 3.00. The third-order valence-electron chi connectivity index (χ3n) is 6.09. The van der Waals surface area contributed by atoms with Crippen molar-refractivity contribution in [3.05, 3.63) is 59.2 Å². The summed E-state index contributed by atoms with van der Waals surface area (Å²) in [5.74, 6) is 0.644. The molecule has 2 saturated carbocycles. The number of hydrogen-bond acceptors (Lipinski definition) is 3. The Morgan fingerprint density at radius 3 is 2.68 bits per heavy atom. The zero-order chi connectivity index (χ0) is 17.2. The Bertz CT molecular complexity index is 860. The minimum atomic E-state index is -0.371. The second-order valence-corrected chi connectivity index (χ2v) is 7.62. The van der Waals surface area contributed by atoms with E-state index in [4.69, 9.17) is 4.98 Å². The zero-order valence-electron chi connectivity index (χ0n) is 14.1. The van der Waals surface area contributed by atoms with Crippen LogP contribution in [0.4, 0.5) is 10.1 Å². The maximum Gasteiger partial charge on any atom is 0.252 e. The quantitative estimate of drug-likeness (QED) is 0.900. The summed E-state index contributed by atoms with van der Waals surface area (Å²) in [6.45, 7) is 2.27. The molecule has 1 amide bonds. The van der Waals surface area contributed by atoms with E-state index in [9.17, 15) is 9.18 Å². The predicted molar refractivity (Wildman–Crippen MR) is 92.9 cm³/mol.